The Kier molecular flexibility index (Phi) is 4.71. The molecule has 1 aromatic rings. The van der Waals surface area contributed by atoms with Crippen molar-refractivity contribution in [2.45, 2.75) is 39.8 Å². The van der Waals surface area contributed by atoms with Crippen LogP contribution in [-0.2, 0) is 22.5 Å². The van der Waals surface area contributed by atoms with Gasteiger partial charge in [-0.25, -0.2) is 0 Å². The maximum Gasteiger partial charge on any atom is 0.168 e. The summed E-state index contributed by atoms with van der Waals surface area (Å²) in [5, 5.41) is 4.37. The first-order chi connectivity index (χ1) is 9.13. The second-order valence-electron chi connectivity index (χ2n) is 4.99. The van der Waals surface area contributed by atoms with Crippen molar-refractivity contribution in [2.24, 2.45) is 0 Å². The van der Waals surface area contributed by atoms with Crippen molar-refractivity contribution in [1.82, 2.24) is 14.7 Å². The van der Waals surface area contributed by atoms with Crippen molar-refractivity contribution >= 4 is 5.78 Å². The smallest absolute Gasteiger partial charge is 0.168 e. The summed E-state index contributed by atoms with van der Waals surface area (Å²) in [4.78, 5) is 14.6. The van der Waals surface area contributed by atoms with E-state index < -0.39 is 0 Å². The maximum absolute atomic E-state index is 12.3. The van der Waals surface area contributed by atoms with Crippen LogP contribution in [0.1, 0.15) is 25.2 Å². The zero-order chi connectivity index (χ0) is 13.8. The number of carbonyl (C=O) groups excluding carboxylic acids is 1. The summed E-state index contributed by atoms with van der Waals surface area (Å²) >= 11 is 0. The topological polar surface area (TPSA) is 47.4 Å². The number of Topliss-reactive ketones (excluding diaryl/α,β-unsaturated/α-hetero) is 1. The molecule has 0 saturated carbocycles. The van der Waals surface area contributed by atoms with E-state index in [9.17, 15) is 4.79 Å². The van der Waals surface area contributed by atoms with Crippen molar-refractivity contribution in [2.75, 3.05) is 26.2 Å². The zero-order valence-corrected chi connectivity index (χ0v) is 12.1. The summed E-state index contributed by atoms with van der Waals surface area (Å²) in [5.74, 6) is 0.160. The highest BCUT2D eigenvalue weighted by Gasteiger charge is 2.26. The summed E-state index contributed by atoms with van der Waals surface area (Å²) in [7, 11) is 0. The van der Waals surface area contributed by atoms with Crippen LogP contribution in [-0.4, -0.2) is 52.8 Å². The van der Waals surface area contributed by atoms with Crippen molar-refractivity contribution < 1.29 is 9.53 Å². The Morgan fingerprint density at radius 2 is 2.26 bits per heavy atom. The lowest BCUT2D eigenvalue weighted by Crippen LogP contribution is -2.46. The first-order valence-electron chi connectivity index (χ1n) is 7.04. The number of ketones is 1. The Morgan fingerprint density at radius 3 is 2.95 bits per heavy atom. The zero-order valence-electron chi connectivity index (χ0n) is 12.1. The van der Waals surface area contributed by atoms with Gasteiger partial charge in [-0.15, -0.1) is 0 Å². The van der Waals surface area contributed by atoms with Gasteiger partial charge in [0.2, 0.25) is 0 Å². The van der Waals surface area contributed by atoms with E-state index >= 15 is 0 Å². The number of likely N-dealkylation sites (N-methyl/N-ethyl adjacent to an activating group) is 1. The molecule has 106 valence electrons. The molecular formula is C14H23N3O2. The van der Waals surface area contributed by atoms with Gasteiger partial charge in [0, 0.05) is 25.3 Å². The molecule has 0 amide bonds. The molecule has 0 aromatic carbocycles. The minimum Gasteiger partial charge on any atom is -0.368 e. The number of hydrogen-bond donors (Lipinski definition) is 0. The van der Waals surface area contributed by atoms with Crippen LogP contribution in [0.2, 0.25) is 0 Å². The third-order valence-corrected chi connectivity index (χ3v) is 3.60. The molecule has 5 heteroatoms. The molecule has 0 spiro atoms. The number of carbonyl (C=O) groups is 1. The van der Waals surface area contributed by atoms with E-state index in [2.05, 4.69) is 16.9 Å². The van der Waals surface area contributed by atoms with Gasteiger partial charge in [0.15, 0.2) is 5.78 Å². The lowest BCUT2D eigenvalue weighted by molar-refractivity contribution is -0.135. The van der Waals surface area contributed by atoms with E-state index in [-0.39, 0.29) is 11.9 Å². The van der Waals surface area contributed by atoms with E-state index in [0.29, 0.717) is 19.6 Å². The molecule has 1 aliphatic heterocycles. The van der Waals surface area contributed by atoms with E-state index in [1.165, 1.54) is 0 Å². The number of aryl methyl sites for hydroxylation is 2. The molecule has 19 heavy (non-hydrogen) atoms. The van der Waals surface area contributed by atoms with Crippen molar-refractivity contribution in [3.8, 4) is 0 Å². The maximum atomic E-state index is 12.3. The third-order valence-electron chi connectivity index (χ3n) is 3.60. The molecule has 2 rings (SSSR count). The van der Waals surface area contributed by atoms with Crippen LogP contribution in [0.25, 0.3) is 0 Å². The summed E-state index contributed by atoms with van der Waals surface area (Å²) in [6.45, 7) is 10.2. The van der Waals surface area contributed by atoms with Gasteiger partial charge in [0.1, 0.15) is 6.10 Å². The van der Waals surface area contributed by atoms with Gasteiger partial charge in [-0.3, -0.25) is 14.4 Å². The predicted octanol–water partition coefficient (Wildman–Crippen LogP) is 1.04. The van der Waals surface area contributed by atoms with Gasteiger partial charge in [-0.1, -0.05) is 6.92 Å². The molecule has 0 bridgehead atoms. The Balaban J connectivity index is 2.00. The first-order valence-corrected chi connectivity index (χ1v) is 7.04. The van der Waals surface area contributed by atoms with Crippen LogP contribution in [0.5, 0.6) is 0 Å². The number of hydrogen-bond acceptors (Lipinski definition) is 4. The van der Waals surface area contributed by atoms with Crippen molar-refractivity contribution in [3.05, 3.63) is 17.5 Å². The molecule has 0 radical (unpaired) electrons. The fraction of sp³-hybridized carbons (Fsp3) is 0.714. The number of nitrogens with zero attached hydrogens (tertiary/aromatic N) is 3. The van der Waals surface area contributed by atoms with Crippen LogP contribution in [0.15, 0.2) is 6.07 Å². The molecular weight excluding hydrogens is 242 g/mol. The van der Waals surface area contributed by atoms with Crippen LogP contribution >= 0.6 is 0 Å². The number of ether oxygens (including phenoxy) is 1. The Hall–Kier alpha value is -1.20. The number of rotatable bonds is 5. The molecule has 5 nitrogen and oxygen atoms in total. The van der Waals surface area contributed by atoms with Gasteiger partial charge in [-0.05, 0) is 26.5 Å². The summed E-state index contributed by atoms with van der Waals surface area (Å²) in [5.41, 5.74) is 1.95. The predicted molar refractivity (Wildman–Crippen MR) is 73.2 cm³/mol. The third kappa shape index (κ3) is 3.42. The average molecular weight is 265 g/mol. The number of morpholine rings is 1. The van der Waals surface area contributed by atoms with E-state index in [0.717, 1.165) is 31.0 Å². The summed E-state index contributed by atoms with van der Waals surface area (Å²) in [6, 6.07) is 1.99. The first kappa shape index (κ1) is 14.2. The summed E-state index contributed by atoms with van der Waals surface area (Å²) in [6.07, 6.45) is 0.130. The number of aromatic nitrogens is 2. The molecule has 0 aliphatic carbocycles. The standard InChI is InChI=1S/C14H23N3O2/c1-4-16-6-7-19-14(10-16)13(18)9-12-8-11(3)15-17(12)5-2/h8,14H,4-7,9-10H2,1-3H3. The highest BCUT2D eigenvalue weighted by molar-refractivity contribution is 5.85. The van der Waals surface area contributed by atoms with Crippen LogP contribution in [0.4, 0.5) is 0 Å². The fourth-order valence-electron chi connectivity index (χ4n) is 2.49. The lowest BCUT2D eigenvalue weighted by Gasteiger charge is -2.31. The van der Waals surface area contributed by atoms with Gasteiger partial charge in [0.05, 0.1) is 18.7 Å². The van der Waals surface area contributed by atoms with Gasteiger partial charge in [-0.2, -0.15) is 5.10 Å². The second-order valence-corrected chi connectivity index (χ2v) is 4.99. The normalized spacial score (nSPS) is 20.7. The molecule has 1 saturated heterocycles. The minimum atomic E-state index is -0.283. The highest BCUT2D eigenvalue weighted by Crippen LogP contribution is 2.11. The largest absolute Gasteiger partial charge is 0.368 e. The molecule has 1 atom stereocenters. The van der Waals surface area contributed by atoms with Crippen LogP contribution in [0.3, 0.4) is 0 Å². The quantitative estimate of drug-likeness (QED) is 0.798. The van der Waals surface area contributed by atoms with E-state index in [4.69, 9.17) is 4.74 Å². The van der Waals surface area contributed by atoms with E-state index in [1.54, 1.807) is 0 Å². The van der Waals surface area contributed by atoms with Crippen LogP contribution < -0.4 is 0 Å². The van der Waals surface area contributed by atoms with Crippen molar-refractivity contribution in [1.29, 1.82) is 0 Å². The molecule has 1 aliphatic rings. The van der Waals surface area contributed by atoms with Crippen molar-refractivity contribution in [3.63, 3.8) is 0 Å². The Labute approximate surface area is 114 Å². The minimum absolute atomic E-state index is 0.160. The monoisotopic (exact) mass is 265 g/mol. The highest BCUT2D eigenvalue weighted by atomic mass is 16.5. The SMILES string of the molecule is CCN1CCOC(C(=O)Cc2cc(C)nn2CC)C1. The van der Waals surface area contributed by atoms with Gasteiger partial charge in [0.25, 0.3) is 0 Å². The lowest BCUT2D eigenvalue weighted by atomic mass is 10.1. The van der Waals surface area contributed by atoms with Gasteiger partial charge < -0.3 is 4.74 Å². The molecule has 1 aromatic heterocycles. The molecule has 2 heterocycles. The molecule has 0 N–H and O–H groups in total. The second kappa shape index (κ2) is 6.30. The van der Waals surface area contributed by atoms with E-state index in [1.807, 2.05) is 24.6 Å². The van der Waals surface area contributed by atoms with Gasteiger partial charge >= 0.3 is 0 Å². The molecule has 1 fully saturated rings. The average Bonchev–Trinajstić information content (AvgIpc) is 2.78. The Bertz CT molecular complexity index is 442. The Morgan fingerprint density at radius 1 is 1.47 bits per heavy atom. The molecule has 1 unspecified atom stereocenters. The summed E-state index contributed by atoms with van der Waals surface area (Å²) < 4.78 is 7.50. The van der Waals surface area contributed by atoms with Crippen LogP contribution in [0, 0.1) is 6.92 Å². The fourth-order valence-corrected chi connectivity index (χ4v) is 2.49.